The van der Waals surface area contributed by atoms with E-state index < -0.39 is 21.0 Å². The standard InChI is InChI=1S/C27H40N2O4S/c1-20-9-10-21(2)24(19-20)33-17-8-16-27(6,7)25(30)28-23-13-11-22(12-14-23)15-18-34(31,32)29-26(3,4)5/h9-14,19,29H,8,15-18H2,1-7H3,(H,28,30). The summed E-state index contributed by atoms with van der Waals surface area (Å²) in [4.78, 5) is 12.8. The van der Waals surface area contributed by atoms with Crippen molar-refractivity contribution in [2.24, 2.45) is 5.41 Å². The molecule has 2 N–H and O–H groups in total. The van der Waals surface area contributed by atoms with Crippen LogP contribution in [-0.2, 0) is 21.2 Å². The Balaban J connectivity index is 1.82. The molecule has 0 aliphatic heterocycles. The van der Waals surface area contributed by atoms with Crippen molar-refractivity contribution in [2.45, 2.75) is 73.3 Å². The Kier molecular flexibility index (Phi) is 9.31. The van der Waals surface area contributed by atoms with Gasteiger partial charge in [-0.2, -0.15) is 0 Å². The molecule has 34 heavy (non-hydrogen) atoms. The van der Waals surface area contributed by atoms with Crippen LogP contribution < -0.4 is 14.8 Å². The monoisotopic (exact) mass is 488 g/mol. The molecule has 2 aromatic carbocycles. The molecule has 1 amide bonds. The highest BCUT2D eigenvalue weighted by Gasteiger charge is 2.27. The normalized spacial score (nSPS) is 12.4. The predicted octanol–water partition coefficient (Wildman–Crippen LogP) is 5.39. The van der Waals surface area contributed by atoms with Gasteiger partial charge in [0.2, 0.25) is 15.9 Å². The van der Waals surface area contributed by atoms with Crippen molar-refractivity contribution in [3.8, 4) is 5.75 Å². The zero-order valence-electron chi connectivity index (χ0n) is 21.6. The Labute approximate surface area is 205 Å². The van der Waals surface area contributed by atoms with Crippen LogP contribution in [0.15, 0.2) is 42.5 Å². The van der Waals surface area contributed by atoms with Crippen LogP contribution in [0.4, 0.5) is 5.69 Å². The minimum atomic E-state index is -3.35. The van der Waals surface area contributed by atoms with Gasteiger partial charge in [0.15, 0.2) is 0 Å². The van der Waals surface area contributed by atoms with Gasteiger partial charge in [-0.15, -0.1) is 0 Å². The van der Waals surface area contributed by atoms with E-state index in [1.54, 1.807) is 0 Å². The molecular formula is C27H40N2O4S. The third kappa shape index (κ3) is 9.47. The van der Waals surface area contributed by atoms with Crippen LogP contribution in [0.3, 0.4) is 0 Å². The number of ether oxygens (including phenoxy) is 1. The van der Waals surface area contributed by atoms with Crippen LogP contribution in [0.25, 0.3) is 0 Å². The quantitative estimate of drug-likeness (QED) is 0.416. The summed E-state index contributed by atoms with van der Waals surface area (Å²) in [5.74, 6) is 0.862. The number of rotatable bonds is 11. The molecule has 0 spiro atoms. The summed E-state index contributed by atoms with van der Waals surface area (Å²) in [6.07, 6.45) is 1.87. The van der Waals surface area contributed by atoms with Gasteiger partial charge in [-0.25, -0.2) is 13.1 Å². The summed E-state index contributed by atoms with van der Waals surface area (Å²) in [7, 11) is -3.35. The molecule has 0 aromatic heterocycles. The van der Waals surface area contributed by atoms with Gasteiger partial charge >= 0.3 is 0 Å². The van der Waals surface area contributed by atoms with Crippen LogP contribution in [0.5, 0.6) is 5.75 Å². The van der Waals surface area contributed by atoms with E-state index in [9.17, 15) is 13.2 Å². The second kappa shape index (κ2) is 11.4. The summed E-state index contributed by atoms with van der Waals surface area (Å²) < 4.78 is 33.0. The van der Waals surface area contributed by atoms with Gasteiger partial charge < -0.3 is 10.1 Å². The molecule has 0 heterocycles. The third-order valence-electron chi connectivity index (χ3n) is 5.49. The second-order valence-corrected chi connectivity index (χ2v) is 12.5. The fourth-order valence-corrected chi connectivity index (χ4v) is 5.04. The van der Waals surface area contributed by atoms with Gasteiger partial charge in [-0.1, -0.05) is 38.1 Å². The van der Waals surface area contributed by atoms with Gasteiger partial charge in [0.25, 0.3) is 0 Å². The van der Waals surface area contributed by atoms with Crippen LogP contribution in [0, 0.1) is 19.3 Å². The Bertz CT molecular complexity index is 1070. The van der Waals surface area contributed by atoms with Crippen LogP contribution in [0.2, 0.25) is 0 Å². The van der Waals surface area contributed by atoms with E-state index in [4.69, 9.17) is 4.74 Å². The fraction of sp³-hybridized carbons (Fsp3) is 0.519. The molecular weight excluding hydrogens is 448 g/mol. The van der Waals surface area contributed by atoms with Crippen LogP contribution in [-0.4, -0.2) is 32.2 Å². The Morgan fingerprint density at radius 3 is 2.24 bits per heavy atom. The van der Waals surface area contributed by atoms with E-state index in [1.165, 1.54) is 0 Å². The molecule has 6 nitrogen and oxygen atoms in total. The van der Waals surface area contributed by atoms with Crippen molar-refractivity contribution >= 4 is 21.6 Å². The number of carbonyl (C=O) groups excluding carboxylic acids is 1. The molecule has 0 aliphatic rings. The van der Waals surface area contributed by atoms with Gasteiger partial charge in [0, 0.05) is 16.6 Å². The maximum absolute atomic E-state index is 12.8. The Hall–Kier alpha value is -2.38. The number of hydrogen-bond donors (Lipinski definition) is 2. The van der Waals surface area contributed by atoms with Gasteiger partial charge in [-0.3, -0.25) is 4.79 Å². The molecule has 0 radical (unpaired) electrons. The highest BCUT2D eigenvalue weighted by atomic mass is 32.2. The highest BCUT2D eigenvalue weighted by Crippen LogP contribution is 2.26. The van der Waals surface area contributed by atoms with E-state index in [1.807, 2.05) is 78.8 Å². The first-order valence-corrected chi connectivity index (χ1v) is 13.4. The molecule has 2 aromatic rings. The van der Waals surface area contributed by atoms with Gasteiger partial charge in [0.1, 0.15) is 5.75 Å². The number of hydrogen-bond acceptors (Lipinski definition) is 4. The third-order valence-corrected chi connectivity index (χ3v) is 7.16. The molecule has 7 heteroatoms. The van der Waals surface area contributed by atoms with E-state index in [2.05, 4.69) is 22.2 Å². The van der Waals surface area contributed by atoms with Crippen molar-refractivity contribution < 1.29 is 17.9 Å². The summed E-state index contributed by atoms with van der Waals surface area (Å²) in [6.45, 7) is 14.0. The zero-order valence-corrected chi connectivity index (χ0v) is 22.4. The largest absolute Gasteiger partial charge is 0.493 e. The lowest BCUT2D eigenvalue weighted by molar-refractivity contribution is -0.124. The number of benzene rings is 2. The molecule has 0 fully saturated rings. The number of sulfonamides is 1. The molecule has 188 valence electrons. The lowest BCUT2D eigenvalue weighted by Gasteiger charge is -2.24. The van der Waals surface area contributed by atoms with E-state index in [0.717, 1.165) is 28.9 Å². The number of nitrogens with one attached hydrogen (secondary N) is 2. The molecule has 0 saturated heterocycles. The zero-order chi connectivity index (χ0) is 25.6. The van der Waals surface area contributed by atoms with E-state index in [-0.39, 0.29) is 11.7 Å². The average molecular weight is 489 g/mol. The molecule has 0 aliphatic carbocycles. The first kappa shape index (κ1) is 27.9. The number of aryl methyl sites for hydroxylation is 3. The first-order chi connectivity index (χ1) is 15.7. The smallest absolute Gasteiger partial charge is 0.230 e. The Morgan fingerprint density at radius 2 is 1.62 bits per heavy atom. The summed E-state index contributed by atoms with van der Waals surface area (Å²) in [5, 5.41) is 2.98. The van der Waals surface area contributed by atoms with Gasteiger partial charge in [0.05, 0.1) is 12.4 Å². The topological polar surface area (TPSA) is 84.5 Å². The van der Waals surface area contributed by atoms with Crippen molar-refractivity contribution in [3.05, 3.63) is 59.2 Å². The summed E-state index contributed by atoms with van der Waals surface area (Å²) >= 11 is 0. The summed E-state index contributed by atoms with van der Waals surface area (Å²) in [5.41, 5.74) is 2.83. The average Bonchev–Trinajstić information content (AvgIpc) is 2.71. The second-order valence-electron chi connectivity index (χ2n) is 10.7. The molecule has 0 bridgehead atoms. The van der Waals surface area contributed by atoms with Crippen molar-refractivity contribution in [2.75, 3.05) is 17.7 Å². The SMILES string of the molecule is Cc1ccc(C)c(OCCCC(C)(C)C(=O)Nc2ccc(CCS(=O)(=O)NC(C)(C)C)cc2)c1. The lowest BCUT2D eigenvalue weighted by atomic mass is 9.87. The van der Waals surface area contributed by atoms with Gasteiger partial charge in [-0.05, 0) is 88.8 Å². The number of anilines is 1. The first-order valence-electron chi connectivity index (χ1n) is 11.8. The van der Waals surface area contributed by atoms with E-state index in [0.29, 0.717) is 25.1 Å². The van der Waals surface area contributed by atoms with Crippen molar-refractivity contribution in [1.29, 1.82) is 0 Å². The number of carbonyl (C=O) groups is 1. The fourth-order valence-electron chi connectivity index (χ4n) is 3.50. The minimum Gasteiger partial charge on any atom is -0.493 e. The number of amides is 1. The lowest BCUT2D eigenvalue weighted by Crippen LogP contribution is -2.42. The molecule has 0 saturated carbocycles. The highest BCUT2D eigenvalue weighted by molar-refractivity contribution is 7.89. The van der Waals surface area contributed by atoms with Crippen LogP contribution >= 0.6 is 0 Å². The maximum atomic E-state index is 12.8. The Morgan fingerprint density at radius 1 is 0.971 bits per heavy atom. The summed E-state index contributed by atoms with van der Waals surface area (Å²) in [6, 6.07) is 13.5. The molecule has 0 atom stereocenters. The predicted molar refractivity (Wildman–Crippen MR) is 140 cm³/mol. The molecule has 2 rings (SSSR count). The minimum absolute atomic E-state index is 0.0210. The molecule has 0 unspecified atom stereocenters. The van der Waals surface area contributed by atoms with E-state index >= 15 is 0 Å². The van der Waals surface area contributed by atoms with Crippen molar-refractivity contribution in [1.82, 2.24) is 4.72 Å². The maximum Gasteiger partial charge on any atom is 0.230 e. The van der Waals surface area contributed by atoms with Crippen molar-refractivity contribution in [3.63, 3.8) is 0 Å². The van der Waals surface area contributed by atoms with Crippen LogP contribution in [0.1, 0.15) is 64.2 Å².